The van der Waals surface area contributed by atoms with E-state index in [2.05, 4.69) is 11.8 Å². The summed E-state index contributed by atoms with van der Waals surface area (Å²) in [6.45, 7) is 6.20. The highest BCUT2D eigenvalue weighted by molar-refractivity contribution is 6.37. The number of methoxy groups -OCH3 is 1. The summed E-state index contributed by atoms with van der Waals surface area (Å²) < 4.78 is 11.2. The molecular weight excluding hydrogens is 351 g/mol. The van der Waals surface area contributed by atoms with Crippen LogP contribution in [0.3, 0.4) is 0 Å². The third kappa shape index (κ3) is 3.10. The van der Waals surface area contributed by atoms with Crippen molar-refractivity contribution < 1.29 is 14.3 Å². The minimum absolute atomic E-state index is 0.0936. The van der Waals surface area contributed by atoms with Crippen molar-refractivity contribution in [1.29, 1.82) is 0 Å². The number of halogens is 2. The molecule has 0 N–H and O–H groups in total. The third-order valence-corrected chi connectivity index (χ3v) is 5.52. The van der Waals surface area contributed by atoms with E-state index in [4.69, 9.17) is 32.7 Å². The van der Waals surface area contributed by atoms with Gasteiger partial charge >= 0.3 is 0 Å². The van der Waals surface area contributed by atoms with Gasteiger partial charge in [-0.2, -0.15) is 0 Å². The quantitative estimate of drug-likeness (QED) is 0.816. The summed E-state index contributed by atoms with van der Waals surface area (Å²) in [5.74, 6) is 0.294. The molecule has 2 heterocycles. The summed E-state index contributed by atoms with van der Waals surface area (Å²) in [7, 11) is 1.50. The third-order valence-electron chi connectivity index (χ3n) is 4.96. The predicted molar refractivity (Wildman–Crippen MR) is 94.1 cm³/mol. The zero-order valence-electron chi connectivity index (χ0n) is 14.0. The van der Waals surface area contributed by atoms with Crippen LogP contribution in [-0.4, -0.2) is 61.3 Å². The van der Waals surface area contributed by atoms with Crippen LogP contribution >= 0.6 is 23.2 Å². The molecule has 0 unspecified atom stereocenters. The molecular formula is C17H22Cl2N2O3. The van der Waals surface area contributed by atoms with Crippen molar-refractivity contribution in [2.45, 2.75) is 25.5 Å². The summed E-state index contributed by atoms with van der Waals surface area (Å²) in [5, 5.41) is 0.673. The van der Waals surface area contributed by atoms with Crippen molar-refractivity contribution >= 4 is 29.1 Å². The van der Waals surface area contributed by atoms with Gasteiger partial charge in [-0.15, -0.1) is 0 Å². The van der Waals surface area contributed by atoms with Crippen LogP contribution in [0.4, 0.5) is 0 Å². The van der Waals surface area contributed by atoms with Gasteiger partial charge in [0.05, 0.1) is 23.8 Å². The standard InChI is InChI=1S/C17H22Cl2N2O3/c1-3-20-6-4-17(5-7-20)21(8-9-24-17)16(22)12-10-13(18)15(23-2)14(19)11-12/h10-11H,3-9H2,1-2H3. The molecule has 3 rings (SSSR count). The zero-order valence-corrected chi connectivity index (χ0v) is 15.5. The molecule has 132 valence electrons. The molecule has 7 heteroatoms. The first-order valence-corrected chi connectivity index (χ1v) is 8.97. The van der Waals surface area contributed by atoms with Crippen molar-refractivity contribution in [3.05, 3.63) is 27.7 Å². The second kappa shape index (κ2) is 7.08. The molecule has 2 saturated heterocycles. The highest BCUT2D eigenvalue weighted by Crippen LogP contribution is 2.38. The van der Waals surface area contributed by atoms with E-state index in [0.29, 0.717) is 34.5 Å². The number of ether oxygens (including phenoxy) is 2. The number of hydrogen-bond donors (Lipinski definition) is 0. The summed E-state index contributed by atoms with van der Waals surface area (Å²) in [4.78, 5) is 17.3. The first-order chi connectivity index (χ1) is 11.5. The Balaban J connectivity index is 1.84. The Morgan fingerprint density at radius 3 is 2.42 bits per heavy atom. The van der Waals surface area contributed by atoms with Gasteiger partial charge in [0.1, 0.15) is 5.72 Å². The van der Waals surface area contributed by atoms with E-state index in [1.807, 2.05) is 4.90 Å². The molecule has 2 fully saturated rings. The van der Waals surface area contributed by atoms with Crippen LogP contribution in [0.25, 0.3) is 0 Å². The summed E-state index contributed by atoms with van der Waals surface area (Å²) in [6.07, 6.45) is 1.65. The number of benzene rings is 1. The van der Waals surface area contributed by atoms with Crippen LogP contribution < -0.4 is 4.74 Å². The van der Waals surface area contributed by atoms with E-state index in [-0.39, 0.29) is 5.91 Å². The first kappa shape index (κ1) is 17.8. The van der Waals surface area contributed by atoms with Gasteiger partial charge in [0.25, 0.3) is 5.91 Å². The van der Waals surface area contributed by atoms with Crippen LogP contribution in [-0.2, 0) is 4.74 Å². The SMILES string of the molecule is CCN1CCC2(CC1)OCCN2C(=O)c1cc(Cl)c(OC)c(Cl)c1. The minimum Gasteiger partial charge on any atom is -0.494 e. The highest BCUT2D eigenvalue weighted by Gasteiger charge is 2.47. The topological polar surface area (TPSA) is 42.0 Å². The fourth-order valence-corrected chi connectivity index (χ4v) is 4.20. The number of rotatable bonds is 3. The smallest absolute Gasteiger partial charge is 0.256 e. The Bertz CT molecular complexity index is 607. The molecule has 1 aromatic carbocycles. The Hall–Kier alpha value is -1.01. The molecule has 2 aliphatic rings. The molecule has 0 bridgehead atoms. The Labute approximate surface area is 152 Å². The van der Waals surface area contributed by atoms with Crippen LogP contribution in [0.5, 0.6) is 5.75 Å². The van der Waals surface area contributed by atoms with Crippen LogP contribution in [0.1, 0.15) is 30.1 Å². The Morgan fingerprint density at radius 1 is 1.25 bits per heavy atom. The van der Waals surface area contributed by atoms with Crippen molar-refractivity contribution in [3.63, 3.8) is 0 Å². The molecule has 5 nitrogen and oxygen atoms in total. The van der Waals surface area contributed by atoms with Gasteiger partial charge in [0.15, 0.2) is 5.75 Å². The Morgan fingerprint density at radius 2 is 1.88 bits per heavy atom. The zero-order chi connectivity index (χ0) is 17.3. The predicted octanol–water partition coefficient (Wildman–Crippen LogP) is 3.29. The molecule has 0 aliphatic carbocycles. The molecule has 0 radical (unpaired) electrons. The fourth-order valence-electron chi connectivity index (χ4n) is 3.56. The molecule has 1 amide bonds. The maximum absolute atomic E-state index is 13.0. The van der Waals surface area contributed by atoms with Gasteiger partial charge in [-0.1, -0.05) is 30.1 Å². The van der Waals surface area contributed by atoms with E-state index < -0.39 is 5.72 Å². The monoisotopic (exact) mass is 372 g/mol. The largest absolute Gasteiger partial charge is 0.494 e. The number of carbonyl (C=O) groups is 1. The van der Waals surface area contributed by atoms with Gasteiger partial charge in [0, 0.05) is 38.0 Å². The van der Waals surface area contributed by atoms with Gasteiger partial charge < -0.3 is 19.3 Å². The van der Waals surface area contributed by atoms with Crippen molar-refractivity contribution in [2.75, 3.05) is 39.9 Å². The van der Waals surface area contributed by atoms with E-state index in [0.717, 1.165) is 32.5 Å². The molecule has 2 aliphatic heterocycles. The Kier molecular flexibility index (Phi) is 5.25. The molecule has 0 atom stereocenters. The van der Waals surface area contributed by atoms with Crippen LogP contribution in [0, 0.1) is 0 Å². The number of carbonyl (C=O) groups excluding carboxylic acids is 1. The summed E-state index contributed by atoms with van der Waals surface area (Å²) in [5.41, 5.74) is -0.0321. The maximum Gasteiger partial charge on any atom is 0.256 e. The van der Waals surface area contributed by atoms with Gasteiger partial charge in [0.2, 0.25) is 0 Å². The molecule has 1 aromatic rings. The summed E-state index contributed by atoms with van der Waals surface area (Å²) in [6, 6.07) is 3.23. The molecule has 24 heavy (non-hydrogen) atoms. The first-order valence-electron chi connectivity index (χ1n) is 8.22. The van der Waals surface area contributed by atoms with E-state index in [1.165, 1.54) is 7.11 Å². The average molecular weight is 373 g/mol. The molecule has 0 aromatic heterocycles. The lowest BCUT2D eigenvalue weighted by Crippen LogP contribution is -2.54. The van der Waals surface area contributed by atoms with E-state index >= 15 is 0 Å². The normalized spacial score (nSPS) is 20.6. The van der Waals surface area contributed by atoms with Gasteiger partial charge in [-0.3, -0.25) is 4.79 Å². The minimum atomic E-state index is -0.498. The van der Waals surface area contributed by atoms with Crippen LogP contribution in [0.15, 0.2) is 12.1 Å². The van der Waals surface area contributed by atoms with Crippen molar-refractivity contribution in [1.82, 2.24) is 9.80 Å². The molecule has 0 saturated carbocycles. The van der Waals surface area contributed by atoms with Gasteiger partial charge in [-0.25, -0.2) is 0 Å². The number of likely N-dealkylation sites (tertiary alicyclic amines) is 1. The van der Waals surface area contributed by atoms with E-state index in [1.54, 1.807) is 12.1 Å². The lowest BCUT2D eigenvalue weighted by atomic mass is 9.98. The fraction of sp³-hybridized carbons (Fsp3) is 0.588. The average Bonchev–Trinajstić information content (AvgIpc) is 2.97. The maximum atomic E-state index is 13.0. The highest BCUT2D eigenvalue weighted by atomic mass is 35.5. The number of nitrogens with zero attached hydrogens (tertiary/aromatic N) is 2. The van der Waals surface area contributed by atoms with Gasteiger partial charge in [-0.05, 0) is 18.7 Å². The van der Waals surface area contributed by atoms with Crippen molar-refractivity contribution in [3.8, 4) is 5.75 Å². The lowest BCUT2D eigenvalue weighted by Gasteiger charge is -2.43. The van der Waals surface area contributed by atoms with E-state index in [9.17, 15) is 4.79 Å². The summed E-state index contributed by atoms with van der Waals surface area (Å²) >= 11 is 12.4. The number of amides is 1. The second-order valence-corrected chi connectivity index (χ2v) is 6.97. The lowest BCUT2D eigenvalue weighted by molar-refractivity contribution is -0.104. The second-order valence-electron chi connectivity index (χ2n) is 6.16. The number of piperidine rings is 1. The van der Waals surface area contributed by atoms with Crippen LogP contribution in [0.2, 0.25) is 10.0 Å². The number of hydrogen-bond acceptors (Lipinski definition) is 4. The molecule has 1 spiro atoms. The van der Waals surface area contributed by atoms with Crippen molar-refractivity contribution in [2.24, 2.45) is 0 Å².